The number of amides is 1. The van der Waals surface area contributed by atoms with Gasteiger partial charge in [-0.25, -0.2) is 24.7 Å². The molecule has 3 atom stereocenters. The van der Waals surface area contributed by atoms with Gasteiger partial charge in [0.05, 0.1) is 11.2 Å². The van der Waals surface area contributed by atoms with Crippen LogP contribution < -0.4 is 10.6 Å². The molecular weight excluding hydrogens is 450 g/mol. The topological polar surface area (TPSA) is 121 Å². The van der Waals surface area contributed by atoms with Gasteiger partial charge in [0.25, 0.3) is 0 Å². The quantitative estimate of drug-likeness (QED) is 0.582. The summed E-state index contributed by atoms with van der Waals surface area (Å²) in [4.78, 5) is 33.9. The van der Waals surface area contributed by atoms with Crippen LogP contribution in [0.1, 0.15) is 25.7 Å². The zero-order valence-corrected chi connectivity index (χ0v) is 18.9. The van der Waals surface area contributed by atoms with Crippen molar-refractivity contribution in [1.82, 2.24) is 24.8 Å². The third-order valence-electron chi connectivity index (χ3n) is 6.28. The van der Waals surface area contributed by atoms with E-state index in [9.17, 15) is 9.90 Å². The summed E-state index contributed by atoms with van der Waals surface area (Å²) < 4.78 is 0. The first-order valence-electron chi connectivity index (χ1n) is 10.4. The van der Waals surface area contributed by atoms with Crippen LogP contribution in [-0.4, -0.2) is 61.2 Å². The maximum atomic E-state index is 11.4. The summed E-state index contributed by atoms with van der Waals surface area (Å²) in [7, 11) is 1.66. The number of aromatic nitrogens is 4. The predicted molar refractivity (Wildman–Crippen MR) is 123 cm³/mol. The Kier molecular flexibility index (Phi) is 5.42. The molecule has 0 aliphatic carbocycles. The number of nitrogen functional groups attached to an aromatic ring is 1. The standard InChI is InChI=1S/C21H22ClN7O2S/c1-28(21(30)31)13-8-11-2-3-12(9-13)29(11)16-10-25-20-14(26-16)4-5-17(27-20)32-15-6-7-24-19(23)18(15)22/h4-7,10-13H,2-3,8-9H2,1H3,(H2,23,24)(H,30,31)/t11-,12+,13+. The van der Waals surface area contributed by atoms with E-state index in [2.05, 4.69) is 19.9 Å². The van der Waals surface area contributed by atoms with Crippen molar-refractivity contribution in [3.8, 4) is 0 Å². The van der Waals surface area contributed by atoms with Gasteiger partial charge >= 0.3 is 6.09 Å². The fourth-order valence-corrected chi connectivity index (χ4v) is 5.73. The number of hydrogen-bond donors (Lipinski definition) is 2. The van der Waals surface area contributed by atoms with Crippen LogP contribution in [0.4, 0.5) is 16.4 Å². The number of carboxylic acid groups (broad SMARTS) is 1. The van der Waals surface area contributed by atoms with Crippen LogP contribution in [0.25, 0.3) is 11.2 Å². The van der Waals surface area contributed by atoms with E-state index in [0.717, 1.165) is 46.9 Å². The second-order valence-electron chi connectivity index (χ2n) is 8.14. The highest BCUT2D eigenvalue weighted by atomic mass is 35.5. The number of hydrogen-bond acceptors (Lipinski definition) is 8. The summed E-state index contributed by atoms with van der Waals surface area (Å²) in [6, 6.07) is 6.19. The van der Waals surface area contributed by atoms with Gasteiger partial charge in [0.2, 0.25) is 0 Å². The Bertz CT molecular complexity index is 1180. The van der Waals surface area contributed by atoms with Crippen molar-refractivity contribution in [2.75, 3.05) is 17.7 Å². The second-order valence-corrected chi connectivity index (χ2v) is 9.58. The summed E-state index contributed by atoms with van der Waals surface area (Å²) in [5.74, 6) is 1.11. The lowest BCUT2D eigenvalue weighted by Crippen LogP contribution is -2.51. The minimum absolute atomic E-state index is 0.0463. The zero-order chi connectivity index (χ0) is 22.4. The Morgan fingerprint density at radius 1 is 1.22 bits per heavy atom. The fourth-order valence-electron chi connectivity index (χ4n) is 4.69. The first-order chi connectivity index (χ1) is 15.4. The van der Waals surface area contributed by atoms with Crippen LogP contribution in [0.15, 0.2) is 40.5 Å². The molecule has 2 fully saturated rings. The summed E-state index contributed by atoms with van der Waals surface area (Å²) in [5.41, 5.74) is 7.06. The van der Waals surface area contributed by atoms with Crippen LogP contribution in [0.5, 0.6) is 0 Å². The van der Waals surface area contributed by atoms with Crippen LogP contribution >= 0.6 is 23.4 Å². The summed E-state index contributed by atoms with van der Waals surface area (Å²) in [6.07, 6.45) is 6.21. The Morgan fingerprint density at radius 3 is 2.69 bits per heavy atom. The Labute approximate surface area is 194 Å². The number of pyridine rings is 2. The van der Waals surface area contributed by atoms with E-state index in [-0.39, 0.29) is 23.9 Å². The molecule has 0 spiro atoms. The van der Waals surface area contributed by atoms with Gasteiger partial charge < -0.3 is 20.6 Å². The van der Waals surface area contributed by atoms with Gasteiger partial charge in [0.1, 0.15) is 22.2 Å². The van der Waals surface area contributed by atoms with Crippen LogP contribution in [0.3, 0.4) is 0 Å². The van der Waals surface area contributed by atoms with E-state index in [1.54, 1.807) is 25.5 Å². The molecule has 9 nitrogen and oxygen atoms in total. The maximum absolute atomic E-state index is 11.4. The second kappa shape index (κ2) is 8.25. The van der Waals surface area contributed by atoms with Gasteiger partial charge in [-0.1, -0.05) is 23.4 Å². The number of rotatable bonds is 4. The fraction of sp³-hybridized carbons (Fsp3) is 0.381. The Hall–Kier alpha value is -2.85. The molecule has 2 bridgehead atoms. The Morgan fingerprint density at radius 2 is 1.97 bits per heavy atom. The summed E-state index contributed by atoms with van der Waals surface area (Å²) in [5, 5.41) is 10.5. The maximum Gasteiger partial charge on any atom is 0.407 e. The molecule has 3 aromatic heterocycles. The minimum atomic E-state index is -0.871. The van der Waals surface area contributed by atoms with Crippen molar-refractivity contribution < 1.29 is 9.90 Å². The molecule has 11 heteroatoms. The first-order valence-corrected chi connectivity index (χ1v) is 11.6. The van der Waals surface area contributed by atoms with Gasteiger partial charge in [-0.15, -0.1) is 0 Å². The van der Waals surface area contributed by atoms with Crippen molar-refractivity contribution in [2.24, 2.45) is 0 Å². The normalized spacial score (nSPS) is 22.3. The van der Waals surface area contributed by atoms with Gasteiger partial charge in [0.15, 0.2) is 5.65 Å². The van der Waals surface area contributed by atoms with E-state index in [4.69, 9.17) is 22.3 Å². The molecule has 3 N–H and O–H groups in total. The average molecular weight is 472 g/mol. The van der Waals surface area contributed by atoms with E-state index < -0.39 is 6.09 Å². The highest BCUT2D eigenvalue weighted by molar-refractivity contribution is 7.99. The van der Waals surface area contributed by atoms with Crippen molar-refractivity contribution in [3.05, 3.63) is 35.6 Å². The van der Waals surface area contributed by atoms with E-state index >= 15 is 0 Å². The van der Waals surface area contributed by atoms with Crippen molar-refractivity contribution in [3.63, 3.8) is 0 Å². The number of fused-ring (bicyclic) bond motifs is 3. The van der Waals surface area contributed by atoms with Crippen molar-refractivity contribution >= 4 is 52.3 Å². The lowest BCUT2D eigenvalue weighted by molar-refractivity contribution is 0.125. The first kappa shape index (κ1) is 21.0. The zero-order valence-electron chi connectivity index (χ0n) is 17.3. The third-order valence-corrected chi connectivity index (χ3v) is 7.79. The molecule has 0 saturated carbocycles. The highest BCUT2D eigenvalue weighted by Gasteiger charge is 2.43. The lowest BCUT2D eigenvalue weighted by Gasteiger charge is -2.42. The van der Waals surface area contributed by atoms with Gasteiger partial charge in [-0.3, -0.25) is 0 Å². The average Bonchev–Trinajstić information content (AvgIpc) is 3.05. The number of carbonyl (C=O) groups is 1. The summed E-state index contributed by atoms with van der Waals surface area (Å²) in [6.45, 7) is 0. The molecular formula is C21H22ClN7O2S. The molecule has 1 amide bonds. The number of nitrogens with two attached hydrogens (primary N) is 1. The van der Waals surface area contributed by atoms with E-state index in [1.165, 1.54) is 16.7 Å². The third kappa shape index (κ3) is 3.77. The van der Waals surface area contributed by atoms with Crippen LogP contribution in [-0.2, 0) is 0 Å². The lowest BCUT2D eigenvalue weighted by atomic mass is 9.96. The molecule has 0 unspecified atom stereocenters. The van der Waals surface area contributed by atoms with Gasteiger partial charge in [-0.05, 0) is 43.9 Å². The van der Waals surface area contributed by atoms with Gasteiger partial charge in [0, 0.05) is 36.3 Å². The minimum Gasteiger partial charge on any atom is -0.465 e. The Balaban J connectivity index is 1.37. The van der Waals surface area contributed by atoms with E-state index in [1.807, 2.05) is 12.1 Å². The largest absolute Gasteiger partial charge is 0.465 e. The van der Waals surface area contributed by atoms with Crippen LogP contribution in [0.2, 0.25) is 5.02 Å². The molecule has 166 valence electrons. The SMILES string of the molecule is CN(C(=O)O)[C@H]1C[C@H]2CC[C@@H](C1)N2c1cnc2nc(Sc3ccnc(N)c3Cl)ccc2n1. The molecule has 2 aliphatic rings. The highest BCUT2D eigenvalue weighted by Crippen LogP contribution is 2.40. The summed E-state index contributed by atoms with van der Waals surface area (Å²) >= 11 is 7.64. The van der Waals surface area contributed by atoms with Crippen LogP contribution in [0, 0.1) is 0 Å². The number of halogens is 1. The smallest absolute Gasteiger partial charge is 0.407 e. The predicted octanol–water partition coefficient (Wildman–Crippen LogP) is 3.92. The molecule has 0 aromatic carbocycles. The number of piperidine rings is 1. The molecule has 5 heterocycles. The molecule has 3 aromatic rings. The number of anilines is 2. The molecule has 2 aliphatic heterocycles. The van der Waals surface area contributed by atoms with Crippen molar-refractivity contribution in [1.29, 1.82) is 0 Å². The number of nitrogens with zero attached hydrogens (tertiary/aromatic N) is 6. The molecule has 32 heavy (non-hydrogen) atoms. The van der Waals surface area contributed by atoms with Crippen molar-refractivity contribution in [2.45, 2.75) is 53.7 Å². The molecule has 2 saturated heterocycles. The molecule has 5 rings (SSSR count). The monoisotopic (exact) mass is 471 g/mol. The molecule has 0 radical (unpaired) electrons. The van der Waals surface area contributed by atoms with Gasteiger partial charge in [-0.2, -0.15) is 0 Å². The van der Waals surface area contributed by atoms with E-state index in [0.29, 0.717) is 10.7 Å².